The molecule has 2 aromatic heterocycles. The minimum absolute atomic E-state index is 0.151. The summed E-state index contributed by atoms with van der Waals surface area (Å²) >= 11 is 0. The van der Waals surface area contributed by atoms with Gasteiger partial charge in [-0.1, -0.05) is 0 Å². The highest BCUT2D eigenvalue weighted by Crippen LogP contribution is 2.11. The van der Waals surface area contributed by atoms with Gasteiger partial charge in [-0.05, 0) is 44.7 Å². The van der Waals surface area contributed by atoms with E-state index in [0.29, 0.717) is 6.54 Å². The van der Waals surface area contributed by atoms with Crippen LogP contribution in [0.4, 0.5) is 0 Å². The van der Waals surface area contributed by atoms with Crippen LogP contribution in [-0.4, -0.2) is 34.2 Å². The van der Waals surface area contributed by atoms with Crippen molar-refractivity contribution < 1.29 is 4.79 Å². The number of carbonyl (C=O) groups is 1. The number of nitrogens with one attached hydrogen (secondary N) is 1. The quantitative estimate of drug-likeness (QED) is 0.836. The Hall–Kier alpha value is -1.94. The summed E-state index contributed by atoms with van der Waals surface area (Å²) in [5, 5.41) is 0. The molecule has 100 valence electrons. The normalized spacial score (nSPS) is 10.9. The Morgan fingerprint density at radius 2 is 2.00 bits per heavy atom. The highest BCUT2D eigenvalue weighted by atomic mass is 16.1. The van der Waals surface area contributed by atoms with Crippen LogP contribution in [0.15, 0.2) is 30.6 Å². The summed E-state index contributed by atoms with van der Waals surface area (Å²) in [5.74, 6) is 0.151. The van der Waals surface area contributed by atoms with Gasteiger partial charge in [-0.3, -0.25) is 14.7 Å². The van der Waals surface area contributed by atoms with E-state index in [-0.39, 0.29) is 5.78 Å². The third-order valence-electron chi connectivity index (χ3n) is 3.07. The van der Waals surface area contributed by atoms with Gasteiger partial charge in [-0.25, -0.2) is 0 Å². The molecular formula is C15H19N3O. The van der Waals surface area contributed by atoms with E-state index in [9.17, 15) is 4.79 Å². The molecule has 0 aliphatic carbocycles. The fourth-order valence-electron chi connectivity index (χ4n) is 2.20. The monoisotopic (exact) mass is 257 g/mol. The third kappa shape index (κ3) is 3.51. The fourth-order valence-corrected chi connectivity index (χ4v) is 2.20. The van der Waals surface area contributed by atoms with Gasteiger partial charge in [0.25, 0.3) is 0 Å². The van der Waals surface area contributed by atoms with Gasteiger partial charge in [0.05, 0.1) is 6.54 Å². The summed E-state index contributed by atoms with van der Waals surface area (Å²) in [6, 6.07) is 5.84. The van der Waals surface area contributed by atoms with Crippen molar-refractivity contribution in [1.82, 2.24) is 14.9 Å². The molecule has 4 nitrogen and oxygen atoms in total. The fraction of sp³-hybridized carbons (Fsp3) is 0.333. The molecule has 0 atom stereocenters. The molecule has 4 heteroatoms. The molecule has 0 unspecified atom stereocenters. The summed E-state index contributed by atoms with van der Waals surface area (Å²) < 4.78 is 0. The van der Waals surface area contributed by atoms with Crippen LogP contribution in [0.5, 0.6) is 0 Å². The maximum absolute atomic E-state index is 12.2. The van der Waals surface area contributed by atoms with E-state index >= 15 is 0 Å². The number of nitrogens with zero attached hydrogens (tertiary/aromatic N) is 2. The van der Waals surface area contributed by atoms with Gasteiger partial charge in [0, 0.05) is 35.9 Å². The summed E-state index contributed by atoms with van der Waals surface area (Å²) in [4.78, 5) is 21.4. The topological polar surface area (TPSA) is 49.0 Å². The summed E-state index contributed by atoms with van der Waals surface area (Å²) in [5.41, 5.74) is 3.92. The number of H-pyrrole nitrogens is 1. The number of likely N-dealkylation sites (N-methyl/N-ethyl adjacent to an activating group) is 1. The summed E-state index contributed by atoms with van der Waals surface area (Å²) in [7, 11) is 1.95. The van der Waals surface area contributed by atoms with Gasteiger partial charge in [0.2, 0.25) is 0 Å². The summed E-state index contributed by atoms with van der Waals surface area (Å²) in [6.45, 7) is 5.06. The van der Waals surface area contributed by atoms with Gasteiger partial charge in [0.15, 0.2) is 5.78 Å². The first-order valence-corrected chi connectivity index (χ1v) is 6.33. The Bertz CT molecular complexity index is 560. The van der Waals surface area contributed by atoms with Gasteiger partial charge >= 0.3 is 0 Å². The van der Waals surface area contributed by atoms with Crippen LogP contribution in [0.2, 0.25) is 0 Å². The minimum Gasteiger partial charge on any atom is -0.362 e. The molecule has 0 aromatic carbocycles. The Labute approximate surface area is 113 Å². The van der Waals surface area contributed by atoms with Crippen molar-refractivity contribution >= 4 is 5.78 Å². The maximum atomic E-state index is 12.2. The first kappa shape index (κ1) is 13.5. The molecule has 2 heterocycles. The van der Waals surface area contributed by atoms with E-state index in [2.05, 4.69) is 9.97 Å². The first-order valence-electron chi connectivity index (χ1n) is 6.33. The molecule has 0 bridgehead atoms. The summed E-state index contributed by atoms with van der Waals surface area (Å²) in [6.07, 6.45) is 3.54. The lowest BCUT2D eigenvalue weighted by atomic mass is 10.1. The van der Waals surface area contributed by atoms with E-state index in [1.165, 1.54) is 0 Å². The molecule has 19 heavy (non-hydrogen) atoms. The van der Waals surface area contributed by atoms with Crippen molar-refractivity contribution in [2.75, 3.05) is 13.6 Å². The average molecular weight is 257 g/mol. The number of aryl methyl sites for hydroxylation is 2. The molecule has 2 rings (SSSR count). The van der Waals surface area contributed by atoms with Crippen molar-refractivity contribution in [2.45, 2.75) is 20.4 Å². The number of aromatic amines is 1. The molecule has 0 aliphatic rings. The number of ketones is 1. The number of hydrogen-bond acceptors (Lipinski definition) is 3. The predicted octanol–water partition coefficient (Wildman–Crippen LogP) is 2.34. The van der Waals surface area contributed by atoms with E-state index < -0.39 is 0 Å². The van der Waals surface area contributed by atoms with Crippen LogP contribution in [0.25, 0.3) is 0 Å². The zero-order chi connectivity index (χ0) is 13.8. The number of Topliss-reactive ketones (excluding diaryl/α,β-unsaturated/α-hetero) is 1. The molecule has 1 N–H and O–H groups in total. The maximum Gasteiger partial charge on any atom is 0.178 e. The number of hydrogen-bond donors (Lipinski definition) is 1. The zero-order valence-corrected chi connectivity index (χ0v) is 11.6. The standard InChI is InChI=1S/C15H19N3O/c1-11-8-14(12(2)17-11)15(19)10-18(3)9-13-4-6-16-7-5-13/h4-8,17H,9-10H2,1-3H3. The van der Waals surface area contributed by atoms with E-state index in [0.717, 1.165) is 29.1 Å². The van der Waals surface area contributed by atoms with Crippen LogP contribution < -0.4 is 0 Å². The van der Waals surface area contributed by atoms with E-state index in [1.807, 2.05) is 44.0 Å². The van der Waals surface area contributed by atoms with Crippen LogP contribution in [0, 0.1) is 13.8 Å². The molecule has 2 aromatic rings. The lowest BCUT2D eigenvalue weighted by Gasteiger charge is -2.15. The second-order valence-corrected chi connectivity index (χ2v) is 4.94. The van der Waals surface area contributed by atoms with Gasteiger partial charge < -0.3 is 4.98 Å². The van der Waals surface area contributed by atoms with Gasteiger partial charge in [-0.15, -0.1) is 0 Å². The van der Waals surface area contributed by atoms with Crippen LogP contribution in [-0.2, 0) is 6.54 Å². The number of pyridine rings is 1. The minimum atomic E-state index is 0.151. The van der Waals surface area contributed by atoms with Crippen molar-refractivity contribution in [3.8, 4) is 0 Å². The Balaban J connectivity index is 1.97. The number of carbonyl (C=O) groups excluding carboxylic acids is 1. The second kappa shape index (κ2) is 5.80. The van der Waals surface area contributed by atoms with Crippen molar-refractivity contribution in [3.63, 3.8) is 0 Å². The lowest BCUT2D eigenvalue weighted by molar-refractivity contribution is 0.0942. The molecule has 0 amide bonds. The van der Waals surface area contributed by atoms with Gasteiger partial charge in [0.1, 0.15) is 0 Å². The van der Waals surface area contributed by atoms with Crippen LogP contribution in [0.1, 0.15) is 27.3 Å². The smallest absolute Gasteiger partial charge is 0.178 e. The average Bonchev–Trinajstić information content (AvgIpc) is 2.69. The molecule has 0 aliphatic heterocycles. The SMILES string of the molecule is Cc1cc(C(=O)CN(C)Cc2ccncc2)c(C)[nH]1. The lowest BCUT2D eigenvalue weighted by Crippen LogP contribution is -2.25. The Morgan fingerprint density at radius 1 is 1.32 bits per heavy atom. The molecule has 0 spiro atoms. The molecule has 0 radical (unpaired) electrons. The molecule has 0 fully saturated rings. The second-order valence-electron chi connectivity index (χ2n) is 4.94. The van der Waals surface area contributed by atoms with Crippen LogP contribution in [0.3, 0.4) is 0 Å². The molecule has 0 saturated heterocycles. The number of aromatic nitrogens is 2. The highest BCUT2D eigenvalue weighted by molar-refractivity contribution is 5.98. The first-order chi connectivity index (χ1) is 9.06. The molecular weight excluding hydrogens is 238 g/mol. The van der Waals surface area contributed by atoms with Crippen molar-refractivity contribution in [1.29, 1.82) is 0 Å². The van der Waals surface area contributed by atoms with E-state index in [1.54, 1.807) is 12.4 Å². The molecule has 0 saturated carbocycles. The van der Waals surface area contributed by atoms with Gasteiger partial charge in [-0.2, -0.15) is 0 Å². The van der Waals surface area contributed by atoms with Crippen molar-refractivity contribution in [2.24, 2.45) is 0 Å². The Kier molecular flexibility index (Phi) is 4.12. The Morgan fingerprint density at radius 3 is 2.58 bits per heavy atom. The predicted molar refractivity (Wildman–Crippen MR) is 75.2 cm³/mol. The van der Waals surface area contributed by atoms with Crippen molar-refractivity contribution in [3.05, 3.63) is 53.1 Å². The zero-order valence-electron chi connectivity index (χ0n) is 11.6. The number of rotatable bonds is 5. The third-order valence-corrected chi connectivity index (χ3v) is 3.07. The largest absolute Gasteiger partial charge is 0.362 e. The van der Waals surface area contributed by atoms with E-state index in [4.69, 9.17) is 0 Å². The highest BCUT2D eigenvalue weighted by Gasteiger charge is 2.13. The van der Waals surface area contributed by atoms with Crippen LogP contribution >= 0.6 is 0 Å².